The molecule has 1 aliphatic rings. The van der Waals surface area contributed by atoms with Crippen LogP contribution >= 0.6 is 0 Å². The zero-order chi connectivity index (χ0) is 11.5. The Balaban J connectivity index is 2.23. The standard InChI is InChI=1S/C10H15FN4O/c11-3-6-15-9(8(12)7-13-15)10(16)14-4-1-2-5-14/h7H,1-6,12H2. The number of halogens is 1. The highest BCUT2D eigenvalue weighted by molar-refractivity contribution is 5.97. The number of carbonyl (C=O) groups is 1. The van der Waals surface area contributed by atoms with Gasteiger partial charge in [-0.05, 0) is 12.8 Å². The molecule has 1 saturated heterocycles. The molecule has 88 valence electrons. The maximum absolute atomic E-state index is 12.3. The molecule has 0 radical (unpaired) electrons. The first-order chi connectivity index (χ1) is 7.74. The Kier molecular flexibility index (Phi) is 3.07. The minimum Gasteiger partial charge on any atom is -0.396 e. The van der Waals surface area contributed by atoms with Crippen LogP contribution in [0.1, 0.15) is 23.3 Å². The van der Waals surface area contributed by atoms with Crippen LogP contribution in [-0.4, -0.2) is 40.4 Å². The summed E-state index contributed by atoms with van der Waals surface area (Å²) in [6.07, 6.45) is 3.44. The van der Waals surface area contributed by atoms with Crippen LogP contribution in [0, 0.1) is 0 Å². The molecule has 1 amide bonds. The number of nitrogens with two attached hydrogens (primary N) is 1. The average Bonchev–Trinajstić information content (AvgIpc) is 2.88. The van der Waals surface area contributed by atoms with Crippen molar-refractivity contribution in [2.75, 3.05) is 25.5 Å². The van der Waals surface area contributed by atoms with Crippen molar-refractivity contribution >= 4 is 11.6 Å². The number of carbonyl (C=O) groups excluding carboxylic acids is 1. The van der Waals surface area contributed by atoms with Gasteiger partial charge in [0.25, 0.3) is 5.91 Å². The van der Waals surface area contributed by atoms with Gasteiger partial charge < -0.3 is 10.6 Å². The number of aromatic nitrogens is 2. The molecular weight excluding hydrogens is 211 g/mol. The lowest BCUT2D eigenvalue weighted by molar-refractivity contribution is 0.0781. The Morgan fingerprint density at radius 2 is 2.19 bits per heavy atom. The van der Waals surface area contributed by atoms with Gasteiger partial charge in [0.15, 0.2) is 0 Å². The van der Waals surface area contributed by atoms with Gasteiger partial charge in [0.1, 0.15) is 12.4 Å². The van der Waals surface area contributed by atoms with Crippen LogP contribution in [0.5, 0.6) is 0 Å². The SMILES string of the molecule is Nc1cnn(CCF)c1C(=O)N1CCCC1. The molecule has 0 atom stereocenters. The maximum atomic E-state index is 12.3. The van der Waals surface area contributed by atoms with E-state index in [2.05, 4.69) is 5.10 Å². The van der Waals surface area contributed by atoms with E-state index in [0.717, 1.165) is 25.9 Å². The van der Waals surface area contributed by atoms with E-state index in [-0.39, 0.29) is 12.5 Å². The minimum atomic E-state index is -0.554. The van der Waals surface area contributed by atoms with Gasteiger partial charge in [-0.1, -0.05) is 0 Å². The maximum Gasteiger partial charge on any atom is 0.274 e. The van der Waals surface area contributed by atoms with E-state index >= 15 is 0 Å². The second-order valence-electron chi connectivity index (χ2n) is 3.86. The zero-order valence-corrected chi connectivity index (χ0v) is 9.03. The Morgan fingerprint density at radius 3 is 2.81 bits per heavy atom. The number of hydrogen-bond donors (Lipinski definition) is 1. The van der Waals surface area contributed by atoms with E-state index in [1.165, 1.54) is 10.9 Å². The number of nitrogen functional groups attached to an aromatic ring is 1. The molecular formula is C10H15FN4O. The van der Waals surface area contributed by atoms with Crippen molar-refractivity contribution in [2.24, 2.45) is 0 Å². The van der Waals surface area contributed by atoms with E-state index in [9.17, 15) is 9.18 Å². The first-order valence-corrected chi connectivity index (χ1v) is 5.40. The lowest BCUT2D eigenvalue weighted by Crippen LogP contribution is -2.30. The monoisotopic (exact) mass is 226 g/mol. The summed E-state index contributed by atoms with van der Waals surface area (Å²) < 4.78 is 13.6. The number of rotatable bonds is 3. The highest BCUT2D eigenvalue weighted by Gasteiger charge is 2.24. The van der Waals surface area contributed by atoms with Crippen molar-refractivity contribution in [1.82, 2.24) is 14.7 Å². The first kappa shape index (κ1) is 10.9. The lowest BCUT2D eigenvalue weighted by atomic mass is 10.3. The van der Waals surface area contributed by atoms with Crippen molar-refractivity contribution < 1.29 is 9.18 Å². The topological polar surface area (TPSA) is 64.1 Å². The molecule has 1 fully saturated rings. The molecule has 0 saturated carbocycles. The summed E-state index contributed by atoms with van der Waals surface area (Å²) in [5, 5.41) is 3.90. The molecule has 6 heteroatoms. The van der Waals surface area contributed by atoms with E-state index in [1.54, 1.807) is 4.90 Å². The molecule has 16 heavy (non-hydrogen) atoms. The number of nitrogens with zero attached hydrogens (tertiary/aromatic N) is 3. The third-order valence-electron chi connectivity index (χ3n) is 2.76. The fraction of sp³-hybridized carbons (Fsp3) is 0.600. The second kappa shape index (κ2) is 4.51. The summed E-state index contributed by atoms with van der Waals surface area (Å²) in [6, 6.07) is 0. The van der Waals surface area contributed by atoms with E-state index in [4.69, 9.17) is 5.73 Å². The summed E-state index contributed by atoms with van der Waals surface area (Å²) in [6.45, 7) is 1.02. The Labute approximate surface area is 93.0 Å². The van der Waals surface area contributed by atoms with Crippen LogP contribution in [-0.2, 0) is 6.54 Å². The third kappa shape index (κ3) is 1.87. The molecule has 0 bridgehead atoms. The molecule has 2 N–H and O–H groups in total. The molecule has 2 heterocycles. The summed E-state index contributed by atoms with van der Waals surface area (Å²) in [4.78, 5) is 13.8. The van der Waals surface area contributed by atoms with Gasteiger partial charge >= 0.3 is 0 Å². The quantitative estimate of drug-likeness (QED) is 0.824. The van der Waals surface area contributed by atoms with Crippen molar-refractivity contribution in [2.45, 2.75) is 19.4 Å². The first-order valence-electron chi connectivity index (χ1n) is 5.40. The molecule has 1 aromatic rings. The third-order valence-corrected chi connectivity index (χ3v) is 2.76. The molecule has 2 rings (SSSR count). The summed E-state index contributed by atoms with van der Waals surface area (Å²) >= 11 is 0. The van der Waals surface area contributed by atoms with E-state index in [1.807, 2.05) is 0 Å². The summed E-state index contributed by atoms with van der Waals surface area (Å²) in [5.41, 5.74) is 6.33. The van der Waals surface area contributed by atoms with Gasteiger partial charge in [-0.3, -0.25) is 9.48 Å². The van der Waals surface area contributed by atoms with Crippen molar-refractivity contribution in [3.05, 3.63) is 11.9 Å². The van der Waals surface area contributed by atoms with Crippen LogP contribution in [0.15, 0.2) is 6.20 Å². The molecule has 1 aromatic heterocycles. The molecule has 0 spiro atoms. The van der Waals surface area contributed by atoms with Gasteiger partial charge in [0, 0.05) is 13.1 Å². The summed E-state index contributed by atoms with van der Waals surface area (Å²) in [7, 11) is 0. The van der Waals surface area contributed by atoms with Crippen molar-refractivity contribution in [3.63, 3.8) is 0 Å². The zero-order valence-electron chi connectivity index (χ0n) is 9.03. The fourth-order valence-electron chi connectivity index (χ4n) is 1.95. The minimum absolute atomic E-state index is 0.0755. The summed E-state index contributed by atoms with van der Waals surface area (Å²) in [5.74, 6) is -0.138. The van der Waals surface area contributed by atoms with E-state index in [0.29, 0.717) is 11.4 Å². The lowest BCUT2D eigenvalue weighted by Gasteiger charge is -2.16. The largest absolute Gasteiger partial charge is 0.396 e. The number of alkyl halides is 1. The van der Waals surface area contributed by atoms with Crippen LogP contribution < -0.4 is 5.73 Å². The number of hydrogen-bond acceptors (Lipinski definition) is 3. The number of amides is 1. The number of aryl methyl sites for hydroxylation is 1. The fourth-order valence-corrected chi connectivity index (χ4v) is 1.95. The highest BCUT2D eigenvalue weighted by atomic mass is 19.1. The van der Waals surface area contributed by atoms with Gasteiger partial charge in [-0.15, -0.1) is 0 Å². The van der Waals surface area contributed by atoms with Gasteiger partial charge in [-0.2, -0.15) is 5.10 Å². The van der Waals surface area contributed by atoms with Crippen LogP contribution in [0.2, 0.25) is 0 Å². The highest BCUT2D eigenvalue weighted by Crippen LogP contribution is 2.17. The molecule has 0 unspecified atom stereocenters. The predicted octanol–water partition coefficient (Wildman–Crippen LogP) is 0.671. The Morgan fingerprint density at radius 1 is 1.50 bits per heavy atom. The van der Waals surface area contributed by atoms with Crippen molar-refractivity contribution in [1.29, 1.82) is 0 Å². The van der Waals surface area contributed by atoms with Crippen LogP contribution in [0.25, 0.3) is 0 Å². The van der Waals surface area contributed by atoms with E-state index < -0.39 is 6.67 Å². The van der Waals surface area contributed by atoms with Gasteiger partial charge in [0.2, 0.25) is 0 Å². The molecule has 1 aliphatic heterocycles. The normalized spacial score (nSPS) is 15.7. The smallest absolute Gasteiger partial charge is 0.274 e. The van der Waals surface area contributed by atoms with Gasteiger partial charge in [0.05, 0.1) is 18.4 Å². The number of anilines is 1. The Hall–Kier alpha value is -1.59. The number of likely N-dealkylation sites (tertiary alicyclic amines) is 1. The van der Waals surface area contributed by atoms with Crippen molar-refractivity contribution in [3.8, 4) is 0 Å². The van der Waals surface area contributed by atoms with Crippen LogP contribution in [0.4, 0.5) is 10.1 Å². The molecule has 0 aliphatic carbocycles. The second-order valence-corrected chi connectivity index (χ2v) is 3.86. The Bertz CT molecular complexity index is 384. The van der Waals surface area contributed by atoms with Gasteiger partial charge in [-0.25, -0.2) is 4.39 Å². The average molecular weight is 226 g/mol. The molecule has 5 nitrogen and oxygen atoms in total. The van der Waals surface area contributed by atoms with Crippen LogP contribution in [0.3, 0.4) is 0 Å². The predicted molar refractivity (Wildman–Crippen MR) is 57.8 cm³/mol. The molecule has 0 aromatic carbocycles.